The fraction of sp³-hybridized carbons (Fsp3) is 0.400. The van der Waals surface area contributed by atoms with Crippen molar-refractivity contribution in [1.29, 1.82) is 0 Å². The van der Waals surface area contributed by atoms with E-state index in [1.807, 2.05) is 24.3 Å². The molecule has 25 heavy (non-hydrogen) atoms. The van der Waals surface area contributed by atoms with Gasteiger partial charge in [-0.25, -0.2) is 0 Å². The lowest BCUT2D eigenvalue weighted by Crippen LogP contribution is -2.25. The number of aromatic nitrogens is 1. The minimum atomic E-state index is -0.0555. The van der Waals surface area contributed by atoms with Crippen LogP contribution in [0.4, 0.5) is 0 Å². The maximum absolute atomic E-state index is 12.2. The number of benzene rings is 1. The third-order valence-electron chi connectivity index (χ3n) is 4.07. The first kappa shape index (κ1) is 19.4. The number of carbonyl (C=O) groups excluding carboxylic acids is 1. The lowest BCUT2D eigenvalue weighted by molar-refractivity contribution is 0.0953. The number of aryl methyl sites for hydroxylation is 1. The van der Waals surface area contributed by atoms with Gasteiger partial charge in [-0.3, -0.25) is 9.59 Å². The number of nitrogens with one attached hydrogen (secondary N) is 1. The molecule has 0 aliphatic rings. The van der Waals surface area contributed by atoms with Crippen LogP contribution in [0, 0.1) is 0 Å². The number of unbranched alkanes of at least 4 members (excludes halogenated alkanes) is 1. The van der Waals surface area contributed by atoms with Crippen LogP contribution in [0.25, 0.3) is 0 Å². The number of halogens is 1. The summed E-state index contributed by atoms with van der Waals surface area (Å²) in [5.41, 5.74) is 1.96. The highest BCUT2D eigenvalue weighted by atomic mass is 79.9. The van der Waals surface area contributed by atoms with E-state index in [9.17, 15) is 9.59 Å². The maximum atomic E-state index is 12.2. The average Bonchev–Trinajstić information content (AvgIpc) is 2.56. The van der Waals surface area contributed by atoms with Gasteiger partial charge in [-0.1, -0.05) is 32.9 Å². The van der Waals surface area contributed by atoms with Crippen molar-refractivity contribution in [2.45, 2.75) is 45.6 Å². The average molecular weight is 405 g/mol. The highest BCUT2D eigenvalue weighted by Crippen LogP contribution is 2.22. The molecule has 2 aromatic rings. The van der Waals surface area contributed by atoms with Crippen LogP contribution in [0.3, 0.4) is 0 Å². The number of pyridine rings is 1. The molecule has 4 nitrogen and oxygen atoms in total. The third-order valence-corrected chi connectivity index (χ3v) is 4.54. The van der Waals surface area contributed by atoms with Gasteiger partial charge in [0.15, 0.2) is 0 Å². The van der Waals surface area contributed by atoms with Crippen LogP contribution in [0.5, 0.6) is 0 Å². The Labute approximate surface area is 157 Å². The second-order valence-electron chi connectivity index (χ2n) is 7.17. The molecular weight excluding hydrogens is 380 g/mol. The first-order valence-electron chi connectivity index (χ1n) is 8.52. The van der Waals surface area contributed by atoms with Crippen molar-refractivity contribution < 1.29 is 4.79 Å². The quantitative estimate of drug-likeness (QED) is 0.736. The zero-order chi connectivity index (χ0) is 18.4. The molecule has 0 saturated heterocycles. The van der Waals surface area contributed by atoms with E-state index in [2.05, 4.69) is 42.0 Å². The summed E-state index contributed by atoms with van der Waals surface area (Å²) >= 11 is 3.36. The first-order valence-corrected chi connectivity index (χ1v) is 9.31. The van der Waals surface area contributed by atoms with Gasteiger partial charge in [-0.05, 0) is 57.9 Å². The molecule has 1 heterocycles. The number of hydrogen-bond donors (Lipinski definition) is 1. The zero-order valence-corrected chi connectivity index (χ0v) is 16.6. The van der Waals surface area contributed by atoms with Gasteiger partial charge >= 0.3 is 0 Å². The second-order valence-corrected chi connectivity index (χ2v) is 8.08. The summed E-state index contributed by atoms with van der Waals surface area (Å²) in [4.78, 5) is 23.9. The number of rotatable bonds is 6. The van der Waals surface area contributed by atoms with E-state index in [1.165, 1.54) is 5.56 Å². The standard InChI is InChI=1S/C20H25BrN2O2/c1-20(2,3)16-8-6-15(7-9-16)19(25)22-12-4-5-13-23-14-17(21)10-11-18(23)24/h6-11,14H,4-5,12-13H2,1-3H3,(H,22,25). The van der Waals surface area contributed by atoms with Gasteiger partial charge in [0.1, 0.15) is 0 Å². The Balaban J connectivity index is 1.77. The van der Waals surface area contributed by atoms with E-state index in [1.54, 1.807) is 22.9 Å². The van der Waals surface area contributed by atoms with Gasteiger partial charge in [0, 0.05) is 35.4 Å². The van der Waals surface area contributed by atoms with Crippen molar-refractivity contribution in [2.24, 2.45) is 0 Å². The lowest BCUT2D eigenvalue weighted by atomic mass is 9.87. The number of amides is 1. The minimum Gasteiger partial charge on any atom is -0.352 e. The van der Waals surface area contributed by atoms with Gasteiger partial charge < -0.3 is 9.88 Å². The van der Waals surface area contributed by atoms with Crippen molar-refractivity contribution in [3.05, 3.63) is 68.5 Å². The highest BCUT2D eigenvalue weighted by Gasteiger charge is 2.14. The minimum absolute atomic E-state index is 0.00817. The lowest BCUT2D eigenvalue weighted by Gasteiger charge is -2.19. The Hall–Kier alpha value is -1.88. The zero-order valence-electron chi connectivity index (χ0n) is 15.0. The molecule has 0 radical (unpaired) electrons. The summed E-state index contributed by atoms with van der Waals surface area (Å²) in [5, 5.41) is 2.93. The van der Waals surface area contributed by atoms with Gasteiger partial charge in [0.25, 0.3) is 11.5 Å². The van der Waals surface area contributed by atoms with Crippen LogP contribution < -0.4 is 10.9 Å². The van der Waals surface area contributed by atoms with E-state index in [0.29, 0.717) is 18.7 Å². The SMILES string of the molecule is CC(C)(C)c1ccc(C(=O)NCCCCn2cc(Br)ccc2=O)cc1. The van der Waals surface area contributed by atoms with Crippen LogP contribution in [0.1, 0.15) is 49.5 Å². The highest BCUT2D eigenvalue weighted by molar-refractivity contribution is 9.10. The molecule has 1 aromatic carbocycles. The Kier molecular flexibility index (Phi) is 6.59. The van der Waals surface area contributed by atoms with Crippen molar-refractivity contribution in [3.8, 4) is 0 Å². The van der Waals surface area contributed by atoms with Gasteiger partial charge in [0.2, 0.25) is 0 Å². The van der Waals surface area contributed by atoms with Crippen LogP contribution in [-0.4, -0.2) is 17.0 Å². The predicted octanol–water partition coefficient (Wildman–Crippen LogP) is 4.12. The van der Waals surface area contributed by atoms with E-state index in [0.717, 1.165) is 17.3 Å². The summed E-state index contributed by atoms with van der Waals surface area (Å²) in [7, 11) is 0. The van der Waals surface area contributed by atoms with Crippen molar-refractivity contribution in [1.82, 2.24) is 9.88 Å². The Morgan fingerprint density at radius 1 is 1.08 bits per heavy atom. The van der Waals surface area contributed by atoms with Gasteiger partial charge in [0.05, 0.1) is 0 Å². The fourth-order valence-corrected chi connectivity index (χ4v) is 2.89. The van der Waals surface area contributed by atoms with Crippen LogP contribution in [0.2, 0.25) is 0 Å². The largest absolute Gasteiger partial charge is 0.352 e. The van der Waals surface area contributed by atoms with E-state index >= 15 is 0 Å². The molecule has 0 unspecified atom stereocenters. The predicted molar refractivity (Wildman–Crippen MR) is 105 cm³/mol. The monoisotopic (exact) mass is 404 g/mol. The molecule has 5 heteroatoms. The number of nitrogens with zero attached hydrogens (tertiary/aromatic N) is 1. The van der Waals surface area contributed by atoms with E-state index in [-0.39, 0.29) is 16.9 Å². The molecule has 0 aliphatic heterocycles. The summed E-state index contributed by atoms with van der Waals surface area (Å²) in [5.74, 6) is -0.0555. The summed E-state index contributed by atoms with van der Waals surface area (Å²) in [6, 6.07) is 11.0. The molecule has 134 valence electrons. The first-order chi connectivity index (χ1) is 11.8. The van der Waals surface area contributed by atoms with Crippen LogP contribution in [-0.2, 0) is 12.0 Å². The third kappa shape index (κ3) is 5.85. The van der Waals surface area contributed by atoms with Gasteiger partial charge in [-0.15, -0.1) is 0 Å². The Morgan fingerprint density at radius 2 is 1.76 bits per heavy atom. The molecule has 0 fully saturated rings. The molecule has 0 bridgehead atoms. The Morgan fingerprint density at radius 3 is 2.40 bits per heavy atom. The maximum Gasteiger partial charge on any atom is 0.251 e. The van der Waals surface area contributed by atoms with Crippen molar-refractivity contribution >= 4 is 21.8 Å². The molecule has 0 saturated carbocycles. The summed E-state index contributed by atoms with van der Waals surface area (Å²) in [6.45, 7) is 7.70. The normalized spacial score (nSPS) is 11.4. The van der Waals surface area contributed by atoms with Crippen molar-refractivity contribution in [2.75, 3.05) is 6.54 Å². The second kappa shape index (κ2) is 8.48. The summed E-state index contributed by atoms with van der Waals surface area (Å²) < 4.78 is 2.57. The molecule has 1 N–H and O–H groups in total. The molecular formula is C20H25BrN2O2. The smallest absolute Gasteiger partial charge is 0.251 e. The molecule has 1 amide bonds. The van der Waals surface area contributed by atoms with E-state index < -0.39 is 0 Å². The number of carbonyl (C=O) groups is 1. The van der Waals surface area contributed by atoms with Crippen LogP contribution >= 0.6 is 15.9 Å². The summed E-state index contributed by atoms with van der Waals surface area (Å²) in [6.07, 6.45) is 3.45. The van der Waals surface area contributed by atoms with Gasteiger partial charge in [-0.2, -0.15) is 0 Å². The van der Waals surface area contributed by atoms with Crippen LogP contribution in [0.15, 0.2) is 51.9 Å². The molecule has 2 rings (SSSR count). The molecule has 0 atom stereocenters. The topological polar surface area (TPSA) is 51.1 Å². The number of hydrogen-bond acceptors (Lipinski definition) is 2. The molecule has 0 aliphatic carbocycles. The van der Waals surface area contributed by atoms with Crippen molar-refractivity contribution in [3.63, 3.8) is 0 Å². The Bertz CT molecular complexity index is 774. The molecule has 0 spiro atoms. The fourth-order valence-electron chi connectivity index (χ4n) is 2.51. The van der Waals surface area contributed by atoms with E-state index in [4.69, 9.17) is 0 Å². The molecule has 1 aromatic heterocycles.